The van der Waals surface area contributed by atoms with E-state index in [0.29, 0.717) is 11.7 Å². The van der Waals surface area contributed by atoms with Crippen molar-refractivity contribution in [2.24, 2.45) is 0 Å². The third kappa shape index (κ3) is 2.41. The molecule has 0 radical (unpaired) electrons. The molecular formula is C17H17N3OS. The lowest BCUT2D eigenvalue weighted by Gasteiger charge is -2.10. The number of fused-ring (bicyclic) bond motifs is 1. The van der Waals surface area contributed by atoms with Crippen LogP contribution in [0.3, 0.4) is 0 Å². The molecule has 4 rings (SSSR count). The number of hydrogen-bond donors (Lipinski definition) is 1. The van der Waals surface area contributed by atoms with Gasteiger partial charge in [-0.2, -0.15) is 0 Å². The number of thiazole rings is 1. The first-order valence-corrected chi connectivity index (χ1v) is 8.52. The Hall–Kier alpha value is -2.14. The molecule has 0 atom stereocenters. The third-order valence-corrected chi connectivity index (χ3v) is 5.04. The van der Waals surface area contributed by atoms with Crippen LogP contribution in [0.5, 0.6) is 0 Å². The van der Waals surface area contributed by atoms with Crippen LogP contribution in [-0.4, -0.2) is 21.3 Å². The van der Waals surface area contributed by atoms with E-state index >= 15 is 0 Å². The SMILES string of the molecule is O=C(NC1CCCC1)c1csc2nc(-c3ccccc3)cn12. The molecule has 1 aliphatic rings. The van der Waals surface area contributed by atoms with Crippen LogP contribution in [0.1, 0.15) is 36.2 Å². The van der Waals surface area contributed by atoms with Crippen molar-refractivity contribution >= 4 is 22.2 Å². The molecule has 1 saturated carbocycles. The summed E-state index contributed by atoms with van der Waals surface area (Å²) in [6.45, 7) is 0. The molecule has 2 heterocycles. The van der Waals surface area contributed by atoms with Gasteiger partial charge >= 0.3 is 0 Å². The molecule has 1 N–H and O–H groups in total. The minimum absolute atomic E-state index is 0.00941. The molecule has 1 aliphatic carbocycles. The predicted octanol–water partition coefficient (Wildman–Crippen LogP) is 3.74. The number of nitrogens with zero attached hydrogens (tertiary/aromatic N) is 2. The fraction of sp³-hybridized carbons (Fsp3) is 0.294. The van der Waals surface area contributed by atoms with Crippen LogP contribution in [-0.2, 0) is 0 Å². The quantitative estimate of drug-likeness (QED) is 0.801. The van der Waals surface area contributed by atoms with Crippen LogP contribution >= 0.6 is 11.3 Å². The highest BCUT2D eigenvalue weighted by Gasteiger charge is 2.20. The van der Waals surface area contributed by atoms with Crippen molar-refractivity contribution in [3.8, 4) is 11.3 Å². The van der Waals surface area contributed by atoms with Crippen LogP contribution in [0.2, 0.25) is 0 Å². The van der Waals surface area contributed by atoms with Crippen LogP contribution in [0.4, 0.5) is 0 Å². The maximum absolute atomic E-state index is 12.5. The number of nitrogens with one attached hydrogen (secondary N) is 1. The number of aromatic nitrogens is 2. The maximum atomic E-state index is 12.5. The number of rotatable bonds is 3. The van der Waals surface area contributed by atoms with Crippen molar-refractivity contribution in [2.75, 3.05) is 0 Å². The van der Waals surface area contributed by atoms with E-state index in [1.165, 1.54) is 24.2 Å². The van der Waals surface area contributed by atoms with Crippen molar-refractivity contribution in [1.82, 2.24) is 14.7 Å². The maximum Gasteiger partial charge on any atom is 0.269 e. The largest absolute Gasteiger partial charge is 0.348 e. The summed E-state index contributed by atoms with van der Waals surface area (Å²) in [5.41, 5.74) is 2.66. The number of hydrogen-bond acceptors (Lipinski definition) is 3. The van der Waals surface area contributed by atoms with E-state index in [9.17, 15) is 4.79 Å². The normalized spacial score (nSPS) is 15.5. The molecule has 0 bridgehead atoms. The summed E-state index contributed by atoms with van der Waals surface area (Å²) in [4.78, 5) is 17.9. The first-order valence-electron chi connectivity index (χ1n) is 7.64. The van der Waals surface area contributed by atoms with E-state index in [2.05, 4.69) is 10.3 Å². The molecule has 0 aliphatic heterocycles. The summed E-state index contributed by atoms with van der Waals surface area (Å²) in [7, 11) is 0. The van der Waals surface area contributed by atoms with Gasteiger partial charge in [-0.05, 0) is 12.8 Å². The van der Waals surface area contributed by atoms with Gasteiger partial charge in [0.05, 0.1) is 5.69 Å². The summed E-state index contributed by atoms with van der Waals surface area (Å²) in [6, 6.07) is 10.4. The zero-order valence-corrected chi connectivity index (χ0v) is 13.0. The lowest BCUT2D eigenvalue weighted by Crippen LogP contribution is -2.33. The Morgan fingerprint density at radius 3 is 2.77 bits per heavy atom. The number of carbonyl (C=O) groups is 1. The molecule has 0 spiro atoms. The van der Waals surface area contributed by atoms with Gasteiger partial charge in [-0.3, -0.25) is 9.20 Å². The molecule has 1 fully saturated rings. The Labute approximate surface area is 132 Å². The standard InChI is InChI=1S/C17H17N3OS/c21-16(18-13-8-4-5-9-13)15-11-22-17-19-14(10-20(15)17)12-6-2-1-3-7-12/h1-3,6-7,10-11,13H,4-5,8-9H2,(H,18,21). The van der Waals surface area contributed by atoms with Crippen molar-refractivity contribution in [1.29, 1.82) is 0 Å². The Bertz CT molecular complexity index is 800. The van der Waals surface area contributed by atoms with Gasteiger partial charge in [-0.1, -0.05) is 43.2 Å². The van der Waals surface area contributed by atoms with E-state index in [1.807, 2.05) is 46.3 Å². The Morgan fingerprint density at radius 2 is 2.00 bits per heavy atom. The average Bonchev–Trinajstić information content (AvgIpc) is 3.24. The second kappa shape index (κ2) is 5.57. The number of amides is 1. The topological polar surface area (TPSA) is 46.4 Å². The molecule has 1 aromatic carbocycles. The molecule has 112 valence electrons. The zero-order chi connectivity index (χ0) is 14.9. The van der Waals surface area contributed by atoms with Crippen molar-refractivity contribution in [3.63, 3.8) is 0 Å². The fourth-order valence-corrected chi connectivity index (χ4v) is 3.88. The molecule has 5 heteroatoms. The van der Waals surface area contributed by atoms with Gasteiger partial charge in [0.25, 0.3) is 5.91 Å². The summed E-state index contributed by atoms with van der Waals surface area (Å²) in [5, 5.41) is 5.03. The van der Waals surface area contributed by atoms with Gasteiger partial charge in [0.2, 0.25) is 0 Å². The highest BCUT2D eigenvalue weighted by molar-refractivity contribution is 7.15. The van der Waals surface area contributed by atoms with Crippen LogP contribution in [0, 0.1) is 0 Å². The fourth-order valence-electron chi connectivity index (χ4n) is 3.02. The molecule has 22 heavy (non-hydrogen) atoms. The number of imidazole rings is 1. The monoisotopic (exact) mass is 311 g/mol. The van der Waals surface area contributed by atoms with Gasteiger partial charge in [0.15, 0.2) is 4.96 Å². The minimum Gasteiger partial charge on any atom is -0.348 e. The van der Waals surface area contributed by atoms with Crippen molar-refractivity contribution in [3.05, 3.63) is 47.6 Å². The highest BCUT2D eigenvalue weighted by Crippen LogP contribution is 2.24. The number of benzene rings is 1. The van der Waals surface area contributed by atoms with Crippen LogP contribution in [0.25, 0.3) is 16.2 Å². The van der Waals surface area contributed by atoms with E-state index in [-0.39, 0.29) is 5.91 Å². The molecule has 0 saturated heterocycles. The van der Waals surface area contributed by atoms with E-state index in [1.54, 1.807) is 0 Å². The lowest BCUT2D eigenvalue weighted by molar-refractivity contribution is 0.0932. The van der Waals surface area contributed by atoms with Crippen molar-refractivity contribution < 1.29 is 4.79 Å². The van der Waals surface area contributed by atoms with Crippen LogP contribution in [0.15, 0.2) is 41.9 Å². The molecular weight excluding hydrogens is 294 g/mol. The van der Waals surface area contributed by atoms with E-state index in [0.717, 1.165) is 29.1 Å². The molecule has 1 amide bonds. The minimum atomic E-state index is 0.00941. The van der Waals surface area contributed by atoms with Gasteiger partial charge < -0.3 is 5.32 Å². The molecule has 2 aromatic heterocycles. The molecule has 3 aromatic rings. The van der Waals surface area contributed by atoms with Crippen molar-refractivity contribution in [2.45, 2.75) is 31.7 Å². The molecule has 0 unspecified atom stereocenters. The predicted molar refractivity (Wildman–Crippen MR) is 88.2 cm³/mol. The average molecular weight is 311 g/mol. The highest BCUT2D eigenvalue weighted by atomic mass is 32.1. The van der Waals surface area contributed by atoms with E-state index in [4.69, 9.17) is 0 Å². The summed E-state index contributed by atoms with van der Waals surface area (Å²) in [5.74, 6) is 0.00941. The summed E-state index contributed by atoms with van der Waals surface area (Å²) in [6.07, 6.45) is 6.57. The molecule has 4 nitrogen and oxygen atoms in total. The lowest BCUT2D eigenvalue weighted by atomic mass is 10.2. The third-order valence-electron chi connectivity index (χ3n) is 4.20. The second-order valence-corrected chi connectivity index (χ2v) is 6.56. The smallest absolute Gasteiger partial charge is 0.269 e. The van der Waals surface area contributed by atoms with E-state index < -0.39 is 0 Å². The number of carbonyl (C=O) groups excluding carboxylic acids is 1. The van der Waals surface area contributed by atoms with Gasteiger partial charge in [0.1, 0.15) is 5.69 Å². The summed E-state index contributed by atoms with van der Waals surface area (Å²) < 4.78 is 1.90. The first kappa shape index (κ1) is 13.5. The van der Waals surface area contributed by atoms with Crippen LogP contribution < -0.4 is 5.32 Å². The van der Waals surface area contributed by atoms with Gasteiger partial charge in [0, 0.05) is 23.2 Å². The Morgan fingerprint density at radius 1 is 1.23 bits per heavy atom. The second-order valence-electron chi connectivity index (χ2n) is 5.72. The Balaban J connectivity index is 1.64. The Kier molecular flexibility index (Phi) is 3.42. The van der Waals surface area contributed by atoms with Gasteiger partial charge in [-0.25, -0.2) is 4.98 Å². The van der Waals surface area contributed by atoms with Gasteiger partial charge in [-0.15, -0.1) is 11.3 Å². The summed E-state index contributed by atoms with van der Waals surface area (Å²) >= 11 is 1.51. The zero-order valence-electron chi connectivity index (χ0n) is 12.2. The first-order chi connectivity index (χ1) is 10.8.